The number of carboxylic acid groups (broad SMARTS) is 1. The first-order chi connectivity index (χ1) is 18.2. The Morgan fingerprint density at radius 3 is 2.26 bits per heavy atom. The van der Waals surface area contributed by atoms with Crippen molar-refractivity contribution in [3.8, 4) is 0 Å². The monoisotopic (exact) mass is 543 g/mol. The molecule has 0 bridgehead atoms. The standard InChI is InChI=1S/C33H53NO5/c1-20(2)21-11-16-33(28(36)37)18-17-31(6)22(27(21)33)9-10-24-30(5)14-13-25(39-26(35)19-34-38-8)29(3,4)23(30)12-15-32(24,31)7/h21-25,27,34H,1,9-19H2,2-8H3,(H,36,37)/t21-,22?,23?,24?,25?,27?,30?,31+,32?,33?/m0/s1. The third-order valence-corrected chi connectivity index (χ3v) is 14.1. The van der Waals surface area contributed by atoms with Crippen LogP contribution in [0.2, 0.25) is 0 Å². The number of nitrogens with one attached hydrogen (secondary N) is 1. The summed E-state index contributed by atoms with van der Waals surface area (Å²) >= 11 is 0. The second-order valence-electron chi connectivity index (χ2n) is 15.5. The van der Waals surface area contributed by atoms with Gasteiger partial charge >= 0.3 is 11.9 Å². The number of carbonyl (C=O) groups is 2. The summed E-state index contributed by atoms with van der Waals surface area (Å²) in [5.41, 5.74) is 3.63. The molecule has 5 saturated carbocycles. The van der Waals surface area contributed by atoms with Crippen LogP contribution in [-0.2, 0) is 19.2 Å². The lowest BCUT2D eigenvalue weighted by Gasteiger charge is -2.72. The third-order valence-electron chi connectivity index (χ3n) is 14.1. The van der Waals surface area contributed by atoms with Crippen LogP contribution in [-0.4, -0.2) is 36.8 Å². The van der Waals surface area contributed by atoms with Crippen molar-refractivity contribution >= 4 is 11.9 Å². The summed E-state index contributed by atoms with van der Waals surface area (Å²) in [6.45, 7) is 18.9. The van der Waals surface area contributed by atoms with Gasteiger partial charge in [-0.3, -0.25) is 9.59 Å². The lowest BCUT2D eigenvalue weighted by molar-refractivity contribution is -0.250. The fraction of sp³-hybridized carbons (Fsp3) is 0.879. The van der Waals surface area contributed by atoms with E-state index in [0.29, 0.717) is 23.7 Å². The van der Waals surface area contributed by atoms with E-state index >= 15 is 0 Å². The molecule has 2 N–H and O–H groups in total. The number of hydroxylamine groups is 1. The Morgan fingerprint density at radius 2 is 1.62 bits per heavy atom. The van der Waals surface area contributed by atoms with Crippen LogP contribution in [0.1, 0.15) is 106 Å². The van der Waals surface area contributed by atoms with Crippen LogP contribution in [0, 0.1) is 56.7 Å². The highest BCUT2D eigenvalue weighted by Crippen LogP contribution is 2.77. The fourth-order valence-electron chi connectivity index (χ4n) is 12.0. The SMILES string of the molecule is C=C(C)[C@@H]1CCC2(C(=O)O)CC[C@]3(C)C(CCC4C5(C)CCC(OC(=O)CNOC)C(C)(C)C5CCC43C)C12. The Labute approximate surface area is 236 Å². The van der Waals surface area contributed by atoms with E-state index in [2.05, 4.69) is 53.6 Å². The van der Waals surface area contributed by atoms with Gasteiger partial charge in [-0.15, -0.1) is 0 Å². The van der Waals surface area contributed by atoms with Gasteiger partial charge in [-0.1, -0.05) is 46.8 Å². The summed E-state index contributed by atoms with van der Waals surface area (Å²) in [7, 11) is 1.51. The van der Waals surface area contributed by atoms with Crippen LogP contribution in [0.25, 0.3) is 0 Å². The topological polar surface area (TPSA) is 84.9 Å². The molecular formula is C33H53NO5. The molecule has 0 aromatic rings. The van der Waals surface area contributed by atoms with Crippen LogP contribution in [0.3, 0.4) is 0 Å². The zero-order chi connectivity index (χ0) is 28.6. The predicted octanol–water partition coefficient (Wildman–Crippen LogP) is 6.79. The first-order valence-electron chi connectivity index (χ1n) is 15.5. The molecule has 6 heteroatoms. The maximum absolute atomic E-state index is 12.9. The van der Waals surface area contributed by atoms with Crippen LogP contribution in [0.4, 0.5) is 0 Å². The molecule has 0 aromatic carbocycles. The van der Waals surface area contributed by atoms with E-state index < -0.39 is 11.4 Å². The van der Waals surface area contributed by atoms with Gasteiger partial charge in [0.25, 0.3) is 0 Å². The normalized spacial score (nSPS) is 48.2. The molecule has 5 rings (SSSR count). The number of ether oxygens (including phenoxy) is 1. The Morgan fingerprint density at radius 1 is 0.897 bits per heavy atom. The minimum Gasteiger partial charge on any atom is -0.481 e. The smallest absolute Gasteiger partial charge is 0.322 e. The maximum atomic E-state index is 12.9. The lowest BCUT2D eigenvalue weighted by atomic mass is 9.32. The van der Waals surface area contributed by atoms with Crippen LogP contribution >= 0.6 is 0 Å². The van der Waals surface area contributed by atoms with Gasteiger partial charge in [-0.05, 0) is 117 Å². The predicted molar refractivity (Wildman–Crippen MR) is 151 cm³/mol. The van der Waals surface area contributed by atoms with Crippen LogP contribution < -0.4 is 5.48 Å². The molecular weight excluding hydrogens is 490 g/mol. The van der Waals surface area contributed by atoms with Gasteiger partial charge in [0.2, 0.25) is 0 Å². The summed E-state index contributed by atoms with van der Waals surface area (Å²) in [6.07, 6.45) is 10.1. The highest BCUT2D eigenvalue weighted by molar-refractivity contribution is 5.76. The van der Waals surface area contributed by atoms with Gasteiger partial charge in [-0.2, -0.15) is 5.48 Å². The number of aliphatic carboxylic acids is 1. The summed E-state index contributed by atoms with van der Waals surface area (Å²) in [5, 5.41) is 10.6. The van der Waals surface area contributed by atoms with Crippen molar-refractivity contribution in [2.45, 2.75) is 112 Å². The number of carboxylic acids is 1. The number of hydrogen-bond acceptors (Lipinski definition) is 5. The van der Waals surface area contributed by atoms with Gasteiger partial charge in [0.05, 0.1) is 12.5 Å². The Bertz CT molecular complexity index is 1020. The Kier molecular flexibility index (Phi) is 7.15. The van der Waals surface area contributed by atoms with Crippen molar-refractivity contribution in [3.63, 3.8) is 0 Å². The molecule has 5 aliphatic carbocycles. The summed E-state index contributed by atoms with van der Waals surface area (Å²) in [6, 6.07) is 0. The van der Waals surface area contributed by atoms with Crippen molar-refractivity contribution < 1.29 is 24.3 Å². The van der Waals surface area contributed by atoms with E-state index in [-0.39, 0.29) is 46.2 Å². The lowest BCUT2D eigenvalue weighted by Crippen LogP contribution is -2.67. The van der Waals surface area contributed by atoms with Crippen LogP contribution in [0.15, 0.2) is 12.2 Å². The molecule has 0 amide bonds. The minimum atomic E-state index is -0.570. The van der Waals surface area contributed by atoms with E-state index in [1.54, 1.807) is 0 Å². The van der Waals surface area contributed by atoms with Gasteiger partial charge in [0.1, 0.15) is 12.6 Å². The second-order valence-corrected chi connectivity index (χ2v) is 15.5. The number of esters is 1. The average molecular weight is 544 g/mol. The van der Waals surface area contributed by atoms with Crippen molar-refractivity contribution in [2.24, 2.45) is 56.7 Å². The van der Waals surface area contributed by atoms with Gasteiger partial charge < -0.3 is 14.7 Å². The van der Waals surface area contributed by atoms with E-state index in [1.807, 2.05) is 0 Å². The molecule has 0 spiro atoms. The molecule has 6 nitrogen and oxygen atoms in total. The fourth-order valence-corrected chi connectivity index (χ4v) is 12.0. The molecule has 8 unspecified atom stereocenters. The molecule has 5 aliphatic rings. The molecule has 5 fully saturated rings. The van der Waals surface area contributed by atoms with Crippen molar-refractivity contribution in [1.82, 2.24) is 5.48 Å². The molecule has 0 radical (unpaired) electrons. The third kappa shape index (κ3) is 3.93. The molecule has 0 heterocycles. The maximum Gasteiger partial charge on any atom is 0.322 e. The number of carbonyl (C=O) groups excluding carboxylic acids is 1. The van der Waals surface area contributed by atoms with E-state index in [0.717, 1.165) is 51.4 Å². The van der Waals surface area contributed by atoms with Gasteiger partial charge in [0, 0.05) is 5.41 Å². The average Bonchev–Trinajstić information content (AvgIpc) is 3.26. The summed E-state index contributed by atoms with van der Waals surface area (Å²) in [5.74, 6) is 1.25. The number of allylic oxidation sites excluding steroid dienone is 1. The molecule has 39 heavy (non-hydrogen) atoms. The van der Waals surface area contributed by atoms with Crippen LogP contribution in [0.5, 0.6) is 0 Å². The Balaban J connectivity index is 1.45. The largest absolute Gasteiger partial charge is 0.481 e. The number of rotatable bonds is 6. The van der Waals surface area contributed by atoms with Crippen molar-refractivity contribution in [1.29, 1.82) is 0 Å². The van der Waals surface area contributed by atoms with Gasteiger partial charge in [0.15, 0.2) is 0 Å². The molecule has 10 atom stereocenters. The zero-order valence-electron chi connectivity index (χ0n) is 25.5. The highest BCUT2D eigenvalue weighted by Gasteiger charge is 2.72. The van der Waals surface area contributed by atoms with Gasteiger partial charge in [-0.25, -0.2) is 0 Å². The zero-order valence-corrected chi connectivity index (χ0v) is 25.5. The van der Waals surface area contributed by atoms with Crippen molar-refractivity contribution in [3.05, 3.63) is 12.2 Å². The minimum absolute atomic E-state index is 0.0651. The quantitative estimate of drug-likeness (QED) is 0.218. The summed E-state index contributed by atoms with van der Waals surface area (Å²) in [4.78, 5) is 30.2. The highest BCUT2D eigenvalue weighted by atomic mass is 16.6. The molecule has 0 saturated heterocycles. The van der Waals surface area contributed by atoms with E-state index in [4.69, 9.17) is 9.57 Å². The van der Waals surface area contributed by atoms with E-state index in [1.165, 1.54) is 25.5 Å². The molecule has 220 valence electrons. The molecule has 0 aliphatic heterocycles. The van der Waals surface area contributed by atoms with Crippen molar-refractivity contribution in [2.75, 3.05) is 13.7 Å². The van der Waals surface area contributed by atoms with E-state index in [9.17, 15) is 14.7 Å². The Hall–Kier alpha value is -1.40. The number of hydrogen-bond donors (Lipinski definition) is 2. The number of fused-ring (bicyclic) bond motifs is 7. The second kappa shape index (κ2) is 9.58. The first-order valence-corrected chi connectivity index (χ1v) is 15.5. The first kappa shape index (κ1) is 29.1. The molecule has 0 aromatic heterocycles. The summed E-state index contributed by atoms with van der Waals surface area (Å²) < 4.78 is 6.04.